The number of nitrogens with zero attached hydrogens (tertiary/aromatic N) is 1. The van der Waals surface area contributed by atoms with Crippen LogP contribution in [-0.2, 0) is 21.2 Å². The van der Waals surface area contributed by atoms with Crippen molar-refractivity contribution in [2.24, 2.45) is 0 Å². The molecule has 0 radical (unpaired) electrons. The lowest BCUT2D eigenvalue weighted by molar-refractivity contribution is -0.113. The fraction of sp³-hybridized carbons (Fsp3) is 0.125. The summed E-state index contributed by atoms with van der Waals surface area (Å²) in [7, 11) is -4.10. The molecule has 4 nitrogen and oxygen atoms in total. The van der Waals surface area contributed by atoms with Crippen molar-refractivity contribution in [2.75, 3.05) is 4.31 Å². The summed E-state index contributed by atoms with van der Waals surface area (Å²) in [5.41, 5.74) is 2.88. The largest absolute Gasteiger partial charge is 0.271 e. The van der Waals surface area contributed by atoms with Gasteiger partial charge in [0.2, 0.25) is 0 Å². The van der Waals surface area contributed by atoms with Gasteiger partial charge in [0, 0.05) is 11.1 Å². The van der Waals surface area contributed by atoms with Gasteiger partial charge < -0.3 is 0 Å². The quantitative estimate of drug-likeness (QED) is 0.466. The van der Waals surface area contributed by atoms with Gasteiger partial charge in [0.25, 0.3) is 15.9 Å². The molecule has 0 spiro atoms. The van der Waals surface area contributed by atoms with Crippen LogP contribution < -0.4 is 4.31 Å². The lowest BCUT2D eigenvalue weighted by Gasteiger charge is -2.22. The molecular formula is C24H22ClNO3S. The van der Waals surface area contributed by atoms with Crippen molar-refractivity contribution in [3.05, 3.63) is 101 Å². The van der Waals surface area contributed by atoms with E-state index in [1.165, 1.54) is 24.3 Å². The van der Waals surface area contributed by atoms with Crippen LogP contribution in [-0.4, -0.2) is 14.3 Å². The van der Waals surface area contributed by atoms with E-state index in [0.717, 1.165) is 21.9 Å². The van der Waals surface area contributed by atoms with Gasteiger partial charge in [-0.15, -0.1) is 0 Å². The minimum absolute atomic E-state index is 0.0483. The summed E-state index contributed by atoms with van der Waals surface area (Å²) in [6, 6.07) is 20.4. The second-order valence-corrected chi connectivity index (χ2v) is 8.99. The molecule has 0 fully saturated rings. The average molecular weight is 440 g/mol. The molecule has 0 N–H and O–H groups in total. The molecule has 6 heteroatoms. The second-order valence-electron chi connectivity index (χ2n) is 6.80. The molecule has 0 aliphatic heterocycles. The van der Waals surface area contributed by atoms with E-state index in [4.69, 9.17) is 11.6 Å². The first-order chi connectivity index (χ1) is 14.3. The number of rotatable bonds is 6. The smallest absolute Gasteiger partial charge is 0.268 e. The number of sulfonamides is 1. The number of aryl methyl sites for hydroxylation is 2. The van der Waals surface area contributed by atoms with Crippen LogP contribution in [0.3, 0.4) is 0 Å². The minimum Gasteiger partial charge on any atom is -0.268 e. The Morgan fingerprint density at radius 2 is 1.60 bits per heavy atom. The number of carbonyl (C=O) groups is 1. The molecule has 154 valence electrons. The molecule has 0 heterocycles. The Hall–Kier alpha value is -2.89. The van der Waals surface area contributed by atoms with Crippen molar-refractivity contribution in [1.29, 1.82) is 0 Å². The molecule has 0 aliphatic carbocycles. The van der Waals surface area contributed by atoms with Crippen molar-refractivity contribution >= 4 is 39.3 Å². The van der Waals surface area contributed by atoms with Gasteiger partial charge in [-0.3, -0.25) is 4.79 Å². The van der Waals surface area contributed by atoms with E-state index in [1.54, 1.807) is 48.5 Å². The number of carbonyl (C=O) groups excluding carboxylic acids is 1. The number of halogens is 1. The fourth-order valence-corrected chi connectivity index (χ4v) is 4.49. The molecule has 0 atom stereocenters. The Morgan fingerprint density at radius 1 is 0.967 bits per heavy atom. The maximum absolute atomic E-state index is 13.4. The van der Waals surface area contributed by atoms with Crippen molar-refractivity contribution in [3.8, 4) is 0 Å². The molecule has 0 saturated carbocycles. The summed E-state index contributed by atoms with van der Waals surface area (Å²) in [6.45, 7) is 3.88. The number of hydrogen-bond donors (Lipinski definition) is 0. The first-order valence-corrected chi connectivity index (χ1v) is 11.3. The topological polar surface area (TPSA) is 54.5 Å². The highest BCUT2D eigenvalue weighted by Crippen LogP contribution is 2.26. The van der Waals surface area contributed by atoms with Crippen molar-refractivity contribution in [1.82, 2.24) is 0 Å². The summed E-state index contributed by atoms with van der Waals surface area (Å²) >= 11 is 6.14. The van der Waals surface area contributed by atoms with Crippen LogP contribution in [0.5, 0.6) is 0 Å². The zero-order chi connectivity index (χ0) is 21.7. The lowest BCUT2D eigenvalue weighted by Crippen LogP contribution is -2.35. The van der Waals surface area contributed by atoms with Crippen LogP contribution >= 0.6 is 11.6 Å². The van der Waals surface area contributed by atoms with E-state index in [9.17, 15) is 13.2 Å². The Labute approximate surface area is 182 Å². The second kappa shape index (κ2) is 9.28. The van der Waals surface area contributed by atoms with Gasteiger partial charge in [-0.05, 0) is 60.9 Å². The van der Waals surface area contributed by atoms with E-state index in [-0.39, 0.29) is 10.6 Å². The maximum atomic E-state index is 13.4. The van der Waals surface area contributed by atoms with E-state index >= 15 is 0 Å². The Kier molecular flexibility index (Phi) is 6.75. The van der Waals surface area contributed by atoms with Gasteiger partial charge in [0.05, 0.1) is 10.6 Å². The van der Waals surface area contributed by atoms with Crippen LogP contribution in [0.4, 0.5) is 5.69 Å². The average Bonchev–Trinajstić information content (AvgIpc) is 2.74. The predicted molar refractivity (Wildman–Crippen MR) is 122 cm³/mol. The summed E-state index contributed by atoms with van der Waals surface area (Å²) in [5.74, 6) is -0.681. The van der Waals surface area contributed by atoms with Gasteiger partial charge >= 0.3 is 0 Å². The maximum Gasteiger partial charge on any atom is 0.271 e. The third kappa shape index (κ3) is 4.81. The minimum atomic E-state index is -4.10. The molecule has 30 heavy (non-hydrogen) atoms. The van der Waals surface area contributed by atoms with Crippen molar-refractivity contribution in [3.63, 3.8) is 0 Å². The highest BCUT2D eigenvalue weighted by molar-refractivity contribution is 7.93. The molecule has 0 aromatic heterocycles. The third-order valence-electron chi connectivity index (χ3n) is 4.65. The SMILES string of the molecule is CCc1ccc(N(C(=O)/C=C/c2ccccc2Cl)S(=O)(=O)c2ccc(C)cc2)cc1. The van der Waals surface area contributed by atoms with Crippen molar-refractivity contribution in [2.45, 2.75) is 25.2 Å². The predicted octanol–water partition coefficient (Wildman–Crippen LogP) is 5.65. The Balaban J connectivity index is 2.05. The van der Waals surface area contributed by atoms with Crippen LogP contribution in [0.2, 0.25) is 5.02 Å². The monoisotopic (exact) mass is 439 g/mol. The number of anilines is 1. The fourth-order valence-electron chi connectivity index (χ4n) is 2.91. The number of amides is 1. The summed E-state index contributed by atoms with van der Waals surface area (Å²) in [6.07, 6.45) is 3.55. The van der Waals surface area contributed by atoms with Crippen LogP contribution in [0.1, 0.15) is 23.6 Å². The normalized spacial score (nSPS) is 11.6. The molecular weight excluding hydrogens is 418 g/mol. The third-order valence-corrected chi connectivity index (χ3v) is 6.73. The Morgan fingerprint density at radius 3 is 2.20 bits per heavy atom. The molecule has 3 aromatic carbocycles. The van der Waals surface area contributed by atoms with E-state index in [1.807, 2.05) is 26.0 Å². The van der Waals surface area contributed by atoms with Crippen LogP contribution in [0.25, 0.3) is 6.08 Å². The first kappa shape index (κ1) is 21.8. The standard InChI is InChI=1S/C24H22ClNO3S/c1-3-19-10-13-21(14-11-19)26(30(28,29)22-15-8-18(2)9-16-22)24(27)17-12-20-6-4-5-7-23(20)25/h4-17H,3H2,1-2H3/b17-12+. The molecule has 1 amide bonds. The summed E-state index contributed by atoms with van der Waals surface area (Å²) in [4.78, 5) is 13.1. The summed E-state index contributed by atoms with van der Waals surface area (Å²) in [5, 5.41) is 0.474. The first-order valence-electron chi connectivity index (χ1n) is 9.50. The number of hydrogen-bond acceptors (Lipinski definition) is 3. The summed E-state index contributed by atoms with van der Waals surface area (Å²) < 4.78 is 27.6. The Bertz CT molecular complexity index is 1170. The van der Waals surface area contributed by atoms with E-state index in [2.05, 4.69) is 0 Å². The lowest BCUT2D eigenvalue weighted by atomic mass is 10.1. The van der Waals surface area contributed by atoms with E-state index in [0.29, 0.717) is 10.6 Å². The molecule has 0 unspecified atom stereocenters. The molecule has 3 aromatic rings. The van der Waals surface area contributed by atoms with Crippen molar-refractivity contribution < 1.29 is 13.2 Å². The van der Waals surface area contributed by atoms with Gasteiger partial charge in [-0.1, -0.05) is 66.6 Å². The van der Waals surface area contributed by atoms with Gasteiger partial charge in [0.1, 0.15) is 0 Å². The van der Waals surface area contributed by atoms with Crippen LogP contribution in [0.15, 0.2) is 83.8 Å². The zero-order valence-electron chi connectivity index (χ0n) is 16.7. The van der Waals surface area contributed by atoms with Gasteiger partial charge in [-0.2, -0.15) is 4.31 Å². The zero-order valence-corrected chi connectivity index (χ0v) is 18.3. The van der Waals surface area contributed by atoms with Gasteiger partial charge in [0.15, 0.2) is 0 Å². The molecule has 0 saturated heterocycles. The van der Waals surface area contributed by atoms with E-state index < -0.39 is 15.9 Å². The highest BCUT2D eigenvalue weighted by Gasteiger charge is 2.29. The van der Waals surface area contributed by atoms with Gasteiger partial charge in [-0.25, -0.2) is 8.42 Å². The highest BCUT2D eigenvalue weighted by atomic mass is 35.5. The molecule has 0 bridgehead atoms. The number of benzene rings is 3. The molecule has 0 aliphatic rings. The molecule has 3 rings (SSSR count). The van der Waals surface area contributed by atoms with Crippen LogP contribution in [0, 0.1) is 6.92 Å².